The van der Waals surface area contributed by atoms with Crippen molar-refractivity contribution in [3.63, 3.8) is 0 Å². The van der Waals surface area contributed by atoms with Gasteiger partial charge in [-0.3, -0.25) is 0 Å². The van der Waals surface area contributed by atoms with Crippen LogP contribution in [0.2, 0.25) is 10.0 Å². The summed E-state index contributed by atoms with van der Waals surface area (Å²) in [6.07, 6.45) is 3.54. The summed E-state index contributed by atoms with van der Waals surface area (Å²) >= 11 is 11.9. The van der Waals surface area contributed by atoms with Crippen LogP contribution in [-0.2, 0) is 0 Å². The summed E-state index contributed by atoms with van der Waals surface area (Å²) in [5.41, 5.74) is 0.736. The molecule has 1 atom stereocenters. The molecule has 0 aliphatic rings. The van der Waals surface area contributed by atoms with Gasteiger partial charge in [0.05, 0.1) is 16.1 Å². The van der Waals surface area contributed by atoms with Crippen molar-refractivity contribution >= 4 is 23.2 Å². The van der Waals surface area contributed by atoms with Crippen molar-refractivity contribution in [2.24, 2.45) is 0 Å². The molecule has 0 heterocycles. The molecule has 1 aromatic carbocycles. The van der Waals surface area contributed by atoms with E-state index in [1.165, 1.54) is 0 Å². The molecule has 1 aromatic rings. The summed E-state index contributed by atoms with van der Waals surface area (Å²) < 4.78 is 0. The van der Waals surface area contributed by atoms with Crippen LogP contribution >= 0.6 is 23.2 Å². The van der Waals surface area contributed by atoms with Gasteiger partial charge >= 0.3 is 0 Å². The van der Waals surface area contributed by atoms with Gasteiger partial charge in [-0.05, 0) is 12.5 Å². The average molecular weight is 247 g/mol. The number of benzene rings is 1. The topological polar surface area (TPSA) is 20.2 Å². The van der Waals surface area contributed by atoms with E-state index < -0.39 is 6.10 Å². The summed E-state index contributed by atoms with van der Waals surface area (Å²) in [5, 5.41) is 10.9. The highest BCUT2D eigenvalue weighted by molar-refractivity contribution is 6.42. The minimum atomic E-state index is -0.497. The molecule has 0 spiro atoms. The van der Waals surface area contributed by atoms with Gasteiger partial charge in [-0.25, -0.2) is 0 Å². The molecule has 1 nitrogen and oxygen atoms in total. The van der Waals surface area contributed by atoms with E-state index in [-0.39, 0.29) is 0 Å². The summed E-state index contributed by atoms with van der Waals surface area (Å²) in [6, 6.07) is 5.36. The van der Waals surface area contributed by atoms with E-state index in [0.717, 1.165) is 31.2 Å². The Hall–Kier alpha value is -0.240. The van der Waals surface area contributed by atoms with Gasteiger partial charge in [0.25, 0.3) is 0 Å². The van der Waals surface area contributed by atoms with Crippen LogP contribution in [0.4, 0.5) is 0 Å². The molecule has 1 N–H and O–H groups in total. The first-order chi connectivity index (χ1) is 7.16. The minimum Gasteiger partial charge on any atom is -0.388 e. The molecule has 0 fully saturated rings. The monoisotopic (exact) mass is 246 g/mol. The largest absolute Gasteiger partial charge is 0.388 e. The molecular formula is C12H16Cl2O. The van der Waals surface area contributed by atoms with Gasteiger partial charge < -0.3 is 5.11 Å². The Bertz CT molecular complexity index is 312. The molecule has 0 saturated carbocycles. The molecule has 0 aliphatic heterocycles. The normalized spacial score (nSPS) is 12.8. The van der Waals surface area contributed by atoms with Gasteiger partial charge in [-0.2, -0.15) is 0 Å². The molecule has 15 heavy (non-hydrogen) atoms. The van der Waals surface area contributed by atoms with Crippen LogP contribution in [0, 0.1) is 0 Å². The lowest BCUT2D eigenvalue weighted by Gasteiger charge is -2.12. The molecule has 0 radical (unpaired) electrons. The van der Waals surface area contributed by atoms with Crippen LogP contribution in [-0.4, -0.2) is 5.11 Å². The lowest BCUT2D eigenvalue weighted by Crippen LogP contribution is -1.98. The predicted octanol–water partition coefficient (Wildman–Crippen LogP) is 4.61. The maximum absolute atomic E-state index is 9.91. The summed E-state index contributed by atoms with van der Waals surface area (Å²) in [4.78, 5) is 0. The number of halogens is 2. The maximum atomic E-state index is 9.91. The van der Waals surface area contributed by atoms with E-state index >= 15 is 0 Å². The van der Waals surface area contributed by atoms with Crippen molar-refractivity contribution in [2.45, 2.75) is 38.7 Å². The number of hydrogen-bond acceptors (Lipinski definition) is 1. The van der Waals surface area contributed by atoms with E-state index in [4.69, 9.17) is 23.2 Å². The maximum Gasteiger partial charge on any atom is 0.0805 e. The highest BCUT2D eigenvalue weighted by Crippen LogP contribution is 2.31. The standard InChI is InChI=1S/C12H16Cl2O/c1-2-3-4-8-11(15)9-6-5-7-10(13)12(9)14/h5-7,11,15H,2-4,8H2,1H3. The average Bonchev–Trinajstić information content (AvgIpc) is 2.22. The second-order valence-electron chi connectivity index (χ2n) is 3.65. The Kier molecular flexibility index (Phi) is 5.44. The quantitative estimate of drug-likeness (QED) is 0.753. The molecule has 0 aromatic heterocycles. The van der Waals surface area contributed by atoms with Crippen molar-refractivity contribution in [3.8, 4) is 0 Å². The highest BCUT2D eigenvalue weighted by Gasteiger charge is 2.12. The second-order valence-corrected chi connectivity index (χ2v) is 4.44. The van der Waals surface area contributed by atoms with Crippen molar-refractivity contribution in [1.29, 1.82) is 0 Å². The van der Waals surface area contributed by atoms with Gasteiger partial charge in [-0.15, -0.1) is 0 Å². The van der Waals surface area contributed by atoms with Crippen LogP contribution in [0.15, 0.2) is 18.2 Å². The molecule has 3 heteroatoms. The van der Waals surface area contributed by atoms with Gasteiger partial charge in [0.2, 0.25) is 0 Å². The Morgan fingerprint density at radius 2 is 2.00 bits per heavy atom. The molecule has 84 valence electrons. The lowest BCUT2D eigenvalue weighted by molar-refractivity contribution is 0.163. The lowest BCUT2D eigenvalue weighted by atomic mass is 10.0. The number of hydrogen-bond donors (Lipinski definition) is 1. The van der Waals surface area contributed by atoms with Gasteiger partial charge in [-0.1, -0.05) is 61.5 Å². The zero-order valence-corrected chi connectivity index (χ0v) is 10.4. The Morgan fingerprint density at radius 3 is 2.67 bits per heavy atom. The van der Waals surface area contributed by atoms with Gasteiger partial charge in [0, 0.05) is 5.56 Å². The third kappa shape index (κ3) is 3.67. The molecule has 0 bridgehead atoms. The van der Waals surface area contributed by atoms with Crippen molar-refractivity contribution in [3.05, 3.63) is 33.8 Å². The van der Waals surface area contributed by atoms with Crippen molar-refractivity contribution in [2.75, 3.05) is 0 Å². The fraction of sp³-hybridized carbons (Fsp3) is 0.500. The van der Waals surface area contributed by atoms with Gasteiger partial charge in [0.1, 0.15) is 0 Å². The van der Waals surface area contributed by atoms with Crippen LogP contribution in [0.25, 0.3) is 0 Å². The number of aliphatic hydroxyl groups excluding tert-OH is 1. The van der Waals surface area contributed by atoms with Crippen molar-refractivity contribution < 1.29 is 5.11 Å². The van der Waals surface area contributed by atoms with E-state index in [2.05, 4.69) is 6.92 Å². The number of rotatable bonds is 5. The molecular weight excluding hydrogens is 231 g/mol. The SMILES string of the molecule is CCCCCC(O)c1cccc(Cl)c1Cl. The first kappa shape index (κ1) is 12.8. The van der Waals surface area contributed by atoms with E-state index in [0.29, 0.717) is 10.0 Å². The van der Waals surface area contributed by atoms with Crippen LogP contribution in [0.3, 0.4) is 0 Å². The zero-order chi connectivity index (χ0) is 11.3. The van der Waals surface area contributed by atoms with E-state index in [9.17, 15) is 5.11 Å². The zero-order valence-electron chi connectivity index (χ0n) is 8.84. The summed E-state index contributed by atoms with van der Waals surface area (Å²) in [5.74, 6) is 0. The van der Waals surface area contributed by atoms with Crippen LogP contribution in [0.5, 0.6) is 0 Å². The smallest absolute Gasteiger partial charge is 0.0805 e. The first-order valence-electron chi connectivity index (χ1n) is 5.28. The Morgan fingerprint density at radius 1 is 1.27 bits per heavy atom. The van der Waals surface area contributed by atoms with Gasteiger partial charge in [0.15, 0.2) is 0 Å². The fourth-order valence-corrected chi connectivity index (χ4v) is 1.95. The third-order valence-corrected chi connectivity index (χ3v) is 3.26. The second kappa shape index (κ2) is 6.37. The highest BCUT2D eigenvalue weighted by atomic mass is 35.5. The predicted molar refractivity (Wildman–Crippen MR) is 65.6 cm³/mol. The number of unbranched alkanes of at least 4 members (excludes halogenated alkanes) is 2. The fourth-order valence-electron chi connectivity index (χ4n) is 1.52. The van der Waals surface area contributed by atoms with Crippen molar-refractivity contribution in [1.82, 2.24) is 0 Å². The summed E-state index contributed by atoms with van der Waals surface area (Å²) in [7, 11) is 0. The number of aliphatic hydroxyl groups is 1. The molecule has 0 saturated heterocycles. The summed E-state index contributed by atoms with van der Waals surface area (Å²) in [6.45, 7) is 2.14. The van der Waals surface area contributed by atoms with Crippen LogP contribution in [0.1, 0.15) is 44.3 Å². The molecule has 0 amide bonds. The molecule has 1 rings (SSSR count). The Balaban J connectivity index is 2.65. The van der Waals surface area contributed by atoms with E-state index in [1.54, 1.807) is 6.07 Å². The molecule has 1 unspecified atom stereocenters. The molecule has 0 aliphatic carbocycles. The van der Waals surface area contributed by atoms with Crippen LogP contribution < -0.4 is 0 Å². The Labute approximate surface area is 101 Å². The first-order valence-corrected chi connectivity index (χ1v) is 6.04. The van der Waals surface area contributed by atoms with E-state index in [1.807, 2.05) is 12.1 Å². The minimum absolute atomic E-state index is 0.475. The third-order valence-electron chi connectivity index (χ3n) is 2.42.